The van der Waals surface area contributed by atoms with Crippen molar-refractivity contribution in [2.45, 2.75) is 26.7 Å². The van der Waals surface area contributed by atoms with Gasteiger partial charge in [-0.05, 0) is 31.2 Å². The van der Waals surface area contributed by atoms with E-state index in [9.17, 15) is 8.42 Å². The van der Waals surface area contributed by atoms with Gasteiger partial charge in [-0.3, -0.25) is 4.99 Å². The molecule has 0 fully saturated rings. The molecule has 0 saturated carbocycles. The third-order valence-electron chi connectivity index (χ3n) is 3.62. The average Bonchev–Trinajstić information content (AvgIpc) is 3.03. The molecule has 6 nitrogen and oxygen atoms in total. The number of nitrogens with zero attached hydrogens (tertiary/aromatic N) is 3. The minimum absolute atomic E-state index is 0. The predicted octanol–water partition coefficient (Wildman–Crippen LogP) is 2.48. The molecule has 146 valence electrons. The van der Waals surface area contributed by atoms with Gasteiger partial charge in [0.15, 0.2) is 5.96 Å². The molecular formula is C16H31IN4O2S2. The molecule has 0 unspecified atom stereocenters. The van der Waals surface area contributed by atoms with Crippen LogP contribution in [-0.2, 0) is 16.4 Å². The van der Waals surface area contributed by atoms with E-state index in [0.717, 1.165) is 25.5 Å². The number of nitrogens with one attached hydrogen (secondary N) is 1. The van der Waals surface area contributed by atoms with Crippen LogP contribution in [0.25, 0.3) is 0 Å². The predicted molar refractivity (Wildman–Crippen MR) is 119 cm³/mol. The quantitative estimate of drug-likeness (QED) is 0.231. The number of sulfonamides is 1. The van der Waals surface area contributed by atoms with Gasteiger partial charge in [-0.1, -0.05) is 13.0 Å². The molecule has 0 amide bonds. The van der Waals surface area contributed by atoms with Gasteiger partial charge in [0.25, 0.3) is 0 Å². The van der Waals surface area contributed by atoms with Crippen molar-refractivity contribution in [1.82, 2.24) is 14.5 Å². The summed E-state index contributed by atoms with van der Waals surface area (Å²) in [7, 11) is -1.08. The molecule has 1 rings (SSSR count). The molecular weight excluding hydrogens is 471 g/mol. The minimum Gasteiger partial charge on any atom is -0.357 e. The van der Waals surface area contributed by atoms with Crippen LogP contribution in [0.5, 0.6) is 0 Å². The Morgan fingerprint density at radius 3 is 2.56 bits per heavy atom. The Kier molecular flexibility index (Phi) is 12.7. The Morgan fingerprint density at radius 2 is 2.04 bits per heavy atom. The average molecular weight is 502 g/mol. The first-order chi connectivity index (χ1) is 11.4. The second-order valence-corrected chi connectivity index (χ2v) is 8.61. The molecule has 1 N–H and O–H groups in total. The first-order valence-electron chi connectivity index (χ1n) is 8.35. The molecule has 1 heterocycles. The van der Waals surface area contributed by atoms with Gasteiger partial charge in [-0.25, -0.2) is 12.7 Å². The van der Waals surface area contributed by atoms with Gasteiger partial charge in [0.05, 0.1) is 6.26 Å². The maximum Gasteiger partial charge on any atom is 0.211 e. The third kappa shape index (κ3) is 9.76. The smallest absolute Gasteiger partial charge is 0.211 e. The van der Waals surface area contributed by atoms with E-state index in [4.69, 9.17) is 0 Å². The Morgan fingerprint density at radius 1 is 1.32 bits per heavy atom. The molecule has 0 aliphatic heterocycles. The largest absolute Gasteiger partial charge is 0.357 e. The number of rotatable bonds is 10. The lowest BCUT2D eigenvalue weighted by atomic mass is 10.3. The maximum absolute atomic E-state index is 11.6. The van der Waals surface area contributed by atoms with E-state index in [1.807, 2.05) is 20.9 Å². The molecule has 0 radical (unpaired) electrons. The van der Waals surface area contributed by atoms with Crippen molar-refractivity contribution in [3.8, 4) is 0 Å². The molecule has 9 heteroatoms. The molecule has 0 spiro atoms. The number of halogens is 1. The van der Waals surface area contributed by atoms with Crippen molar-refractivity contribution in [1.29, 1.82) is 0 Å². The maximum atomic E-state index is 11.6. The van der Waals surface area contributed by atoms with Crippen molar-refractivity contribution in [3.63, 3.8) is 0 Å². The van der Waals surface area contributed by atoms with Gasteiger partial charge in [0, 0.05) is 44.6 Å². The fourth-order valence-corrected chi connectivity index (χ4v) is 3.93. The normalized spacial score (nSPS) is 12.1. The Hall–Kier alpha value is -0.390. The second kappa shape index (κ2) is 12.9. The highest BCUT2D eigenvalue weighted by Crippen LogP contribution is 2.09. The summed E-state index contributed by atoms with van der Waals surface area (Å²) in [4.78, 5) is 8.10. The van der Waals surface area contributed by atoms with Crippen molar-refractivity contribution < 1.29 is 8.42 Å². The van der Waals surface area contributed by atoms with Gasteiger partial charge in [-0.2, -0.15) is 0 Å². The monoisotopic (exact) mass is 502 g/mol. The summed E-state index contributed by atoms with van der Waals surface area (Å²) < 4.78 is 24.6. The number of hydrogen-bond acceptors (Lipinski definition) is 4. The molecule has 0 saturated heterocycles. The molecule has 0 atom stereocenters. The standard InChI is InChI=1S/C16H30N4O2S2.HI/c1-5-17-16(19(3)13-10-15-9-7-14-23-15)18-11-8-12-20(6-2)24(4,21)22;/h7,9,14H,5-6,8,10-13H2,1-4H3,(H,17,18);1H. The zero-order chi connectivity index (χ0) is 18.0. The fourth-order valence-electron chi connectivity index (χ4n) is 2.30. The molecule has 25 heavy (non-hydrogen) atoms. The van der Waals surface area contributed by atoms with Gasteiger partial charge < -0.3 is 10.2 Å². The van der Waals surface area contributed by atoms with E-state index in [-0.39, 0.29) is 24.0 Å². The first kappa shape index (κ1) is 24.6. The Labute approximate surface area is 173 Å². The first-order valence-corrected chi connectivity index (χ1v) is 11.1. The zero-order valence-electron chi connectivity index (χ0n) is 15.6. The highest BCUT2D eigenvalue weighted by Gasteiger charge is 2.13. The Bertz CT molecular complexity index is 591. The lowest BCUT2D eigenvalue weighted by Gasteiger charge is -2.22. The number of hydrogen-bond donors (Lipinski definition) is 1. The van der Waals surface area contributed by atoms with E-state index in [0.29, 0.717) is 26.1 Å². The van der Waals surface area contributed by atoms with Crippen molar-refractivity contribution in [3.05, 3.63) is 22.4 Å². The van der Waals surface area contributed by atoms with Crippen LogP contribution in [0, 0.1) is 0 Å². The topological polar surface area (TPSA) is 65.0 Å². The molecule has 0 bridgehead atoms. The van der Waals surface area contributed by atoms with Crippen molar-refractivity contribution in [2.75, 3.05) is 46.0 Å². The summed E-state index contributed by atoms with van der Waals surface area (Å²) in [6.45, 7) is 7.24. The highest BCUT2D eigenvalue weighted by molar-refractivity contribution is 14.0. The molecule has 1 aromatic rings. The molecule has 0 aromatic carbocycles. The van der Waals surface area contributed by atoms with E-state index in [2.05, 4.69) is 32.7 Å². The SMILES string of the molecule is CCNC(=NCCCN(CC)S(C)(=O)=O)N(C)CCc1cccs1.I. The summed E-state index contributed by atoms with van der Waals surface area (Å²) in [5, 5.41) is 5.39. The van der Waals surface area contributed by atoms with Crippen LogP contribution < -0.4 is 5.32 Å². The minimum atomic E-state index is -3.12. The van der Waals surface area contributed by atoms with Crippen LogP contribution in [0.3, 0.4) is 0 Å². The van der Waals surface area contributed by atoms with Crippen LogP contribution in [0.1, 0.15) is 25.1 Å². The highest BCUT2D eigenvalue weighted by atomic mass is 127. The lowest BCUT2D eigenvalue weighted by molar-refractivity contribution is 0.425. The summed E-state index contributed by atoms with van der Waals surface area (Å²) in [5.41, 5.74) is 0. The summed E-state index contributed by atoms with van der Waals surface area (Å²) in [5.74, 6) is 0.872. The van der Waals surface area contributed by atoms with E-state index in [1.165, 1.54) is 15.4 Å². The summed E-state index contributed by atoms with van der Waals surface area (Å²) in [6.07, 6.45) is 2.97. The molecule has 0 aliphatic carbocycles. The Balaban J connectivity index is 0.00000576. The third-order valence-corrected chi connectivity index (χ3v) is 5.93. The van der Waals surface area contributed by atoms with Crippen LogP contribution >= 0.6 is 35.3 Å². The second-order valence-electron chi connectivity index (χ2n) is 5.59. The van der Waals surface area contributed by atoms with Gasteiger partial charge in [0.1, 0.15) is 0 Å². The van der Waals surface area contributed by atoms with Crippen molar-refractivity contribution >= 4 is 51.3 Å². The number of likely N-dealkylation sites (N-methyl/N-ethyl adjacent to an activating group) is 1. The van der Waals surface area contributed by atoms with Crippen LogP contribution in [0.4, 0.5) is 0 Å². The van der Waals surface area contributed by atoms with E-state index >= 15 is 0 Å². The van der Waals surface area contributed by atoms with Crippen molar-refractivity contribution in [2.24, 2.45) is 4.99 Å². The number of aliphatic imine (C=N–C) groups is 1. The zero-order valence-corrected chi connectivity index (χ0v) is 19.5. The number of guanidine groups is 1. The van der Waals surface area contributed by atoms with Crippen LogP contribution in [-0.4, -0.2) is 69.6 Å². The molecule has 1 aromatic heterocycles. The summed E-state index contributed by atoms with van der Waals surface area (Å²) >= 11 is 1.77. The van der Waals surface area contributed by atoms with E-state index in [1.54, 1.807) is 11.3 Å². The number of thiophene rings is 1. The lowest BCUT2D eigenvalue weighted by Crippen LogP contribution is -2.40. The van der Waals surface area contributed by atoms with Gasteiger partial charge in [-0.15, -0.1) is 35.3 Å². The van der Waals surface area contributed by atoms with Gasteiger partial charge in [0.2, 0.25) is 10.0 Å². The molecule has 0 aliphatic rings. The van der Waals surface area contributed by atoms with Crippen LogP contribution in [0.2, 0.25) is 0 Å². The van der Waals surface area contributed by atoms with Gasteiger partial charge >= 0.3 is 0 Å². The van der Waals surface area contributed by atoms with E-state index < -0.39 is 10.0 Å². The summed E-state index contributed by atoms with van der Waals surface area (Å²) in [6, 6.07) is 4.22. The van der Waals surface area contributed by atoms with Crippen LogP contribution in [0.15, 0.2) is 22.5 Å². The fraction of sp³-hybridized carbons (Fsp3) is 0.688.